The average Bonchev–Trinajstić information content (AvgIpc) is 3.08. The first-order valence-corrected chi connectivity index (χ1v) is 10.5. The van der Waals surface area contributed by atoms with Crippen LogP contribution < -0.4 is 19.3 Å². The molecule has 0 aromatic heterocycles. The molecule has 2 fully saturated rings. The van der Waals surface area contributed by atoms with Gasteiger partial charge in [-0.15, -0.1) is 0 Å². The quantitative estimate of drug-likeness (QED) is 0.631. The fraction of sp³-hybridized carbons (Fsp3) is 0.391. The number of halogens is 1. The van der Waals surface area contributed by atoms with Crippen molar-refractivity contribution in [3.05, 3.63) is 48.3 Å². The van der Waals surface area contributed by atoms with Gasteiger partial charge < -0.3 is 9.47 Å². The molecule has 2 aliphatic heterocycles. The summed E-state index contributed by atoms with van der Waals surface area (Å²) in [5, 5.41) is 0. The Morgan fingerprint density at radius 1 is 0.968 bits per heavy atom. The maximum absolute atomic E-state index is 13.6. The Morgan fingerprint density at radius 2 is 1.77 bits per heavy atom. The van der Waals surface area contributed by atoms with Crippen LogP contribution in [-0.4, -0.2) is 56.7 Å². The highest BCUT2D eigenvalue weighted by Crippen LogP contribution is 2.34. The van der Waals surface area contributed by atoms with Crippen molar-refractivity contribution in [2.45, 2.75) is 19.3 Å². The molecule has 0 spiro atoms. The molecule has 2 aromatic carbocycles. The minimum absolute atomic E-state index is 0.130. The fourth-order valence-corrected chi connectivity index (χ4v) is 3.99. The summed E-state index contributed by atoms with van der Waals surface area (Å²) >= 11 is 0. The maximum Gasteiger partial charge on any atom is 0.336 e. The van der Waals surface area contributed by atoms with Crippen LogP contribution >= 0.6 is 0 Å². The smallest absolute Gasteiger partial charge is 0.336 e. The molecule has 0 saturated carbocycles. The first kappa shape index (κ1) is 21.1. The minimum atomic E-state index is -0.528. The lowest BCUT2D eigenvalue weighted by Crippen LogP contribution is -2.33. The lowest BCUT2D eigenvalue weighted by molar-refractivity contribution is -0.115. The van der Waals surface area contributed by atoms with Crippen molar-refractivity contribution in [1.82, 2.24) is 4.90 Å². The van der Waals surface area contributed by atoms with Crippen LogP contribution in [0.25, 0.3) is 0 Å². The van der Waals surface area contributed by atoms with Gasteiger partial charge in [-0.3, -0.25) is 14.6 Å². The number of urea groups is 1. The summed E-state index contributed by atoms with van der Waals surface area (Å²) in [6, 6.07) is 10.0. The number of anilines is 2. The number of imide groups is 1. The van der Waals surface area contributed by atoms with Crippen LogP contribution in [0.3, 0.4) is 0 Å². The molecule has 2 aromatic rings. The Balaban J connectivity index is 1.49. The number of nitrogens with zero attached hydrogens (tertiary/aromatic N) is 3. The van der Waals surface area contributed by atoms with Crippen molar-refractivity contribution in [3.63, 3.8) is 0 Å². The van der Waals surface area contributed by atoms with E-state index in [1.165, 1.54) is 48.4 Å². The van der Waals surface area contributed by atoms with Gasteiger partial charge in [0.15, 0.2) is 11.5 Å². The van der Waals surface area contributed by atoms with E-state index in [-0.39, 0.29) is 12.2 Å². The SMILES string of the molecule is COc1ccc(N2CC(=O)N(c3cccc(F)c3)C2=O)cc1OCCN1CCCCC1. The molecule has 0 aliphatic carbocycles. The zero-order valence-corrected chi connectivity index (χ0v) is 17.6. The second kappa shape index (κ2) is 9.34. The molecule has 2 saturated heterocycles. The summed E-state index contributed by atoms with van der Waals surface area (Å²) in [4.78, 5) is 30.2. The predicted molar refractivity (Wildman–Crippen MR) is 115 cm³/mol. The van der Waals surface area contributed by atoms with E-state index in [0.29, 0.717) is 23.8 Å². The largest absolute Gasteiger partial charge is 0.493 e. The topological polar surface area (TPSA) is 62.3 Å². The van der Waals surface area contributed by atoms with E-state index >= 15 is 0 Å². The highest BCUT2D eigenvalue weighted by atomic mass is 19.1. The van der Waals surface area contributed by atoms with Gasteiger partial charge in [0.25, 0.3) is 5.91 Å². The van der Waals surface area contributed by atoms with Crippen molar-refractivity contribution in [1.29, 1.82) is 0 Å². The number of amides is 3. The number of ether oxygens (including phenoxy) is 2. The molecular weight excluding hydrogens is 401 g/mol. The zero-order valence-electron chi connectivity index (χ0n) is 17.6. The van der Waals surface area contributed by atoms with Crippen LogP contribution in [0, 0.1) is 5.82 Å². The summed E-state index contributed by atoms with van der Waals surface area (Å²) < 4.78 is 25.0. The predicted octanol–water partition coefficient (Wildman–Crippen LogP) is 3.67. The van der Waals surface area contributed by atoms with Crippen molar-refractivity contribution in [3.8, 4) is 11.5 Å². The second-order valence-corrected chi connectivity index (χ2v) is 7.66. The second-order valence-electron chi connectivity index (χ2n) is 7.66. The number of hydrogen-bond acceptors (Lipinski definition) is 5. The third kappa shape index (κ3) is 4.64. The Morgan fingerprint density at radius 3 is 2.52 bits per heavy atom. The number of carbonyl (C=O) groups excluding carboxylic acids is 2. The van der Waals surface area contributed by atoms with Crippen molar-refractivity contribution in [2.75, 3.05) is 49.7 Å². The van der Waals surface area contributed by atoms with E-state index in [1.807, 2.05) is 0 Å². The number of hydrogen-bond donors (Lipinski definition) is 0. The first-order chi connectivity index (χ1) is 15.1. The number of methoxy groups -OCH3 is 1. The van der Waals surface area contributed by atoms with Crippen LogP contribution in [0.15, 0.2) is 42.5 Å². The number of benzene rings is 2. The van der Waals surface area contributed by atoms with E-state index < -0.39 is 17.8 Å². The lowest BCUT2D eigenvalue weighted by atomic mass is 10.1. The molecule has 3 amide bonds. The van der Waals surface area contributed by atoms with Crippen molar-refractivity contribution < 1.29 is 23.5 Å². The average molecular weight is 427 g/mol. The van der Waals surface area contributed by atoms with Crippen molar-refractivity contribution in [2.24, 2.45) is 0 Å². The molecule has 0 N–H and O–H groups in total. The summed E-state index contributed by atoms with van der Waals surface area (Å²) in [5.41, 5.74) is 0.732. The van der Waals surface area contributed by atoms with Gasteiger partial charge >= 0.3 is 6.03 Å². The summed E-state index contributed by atoms with van der Waals surface area (Å²) in [7, 11) is 1.56. The number of piperidine rings is 1. The van der Waals surface area contributed by atoms with Gasteiger partial charge in [-0.2, -0.15) is 0 Å². The third-order valence-corrected chi connectivity index (χ3v) is 5.60. The third-order valence-electron chi connectivity index (χ3n) is 5.60. The summed E-state index contributed by atoms with van der Waals surface area (Å²) in [5.74, 6) is 0.146. The molecule has 0 unspecified atom stereocenters. The molecule has 2 heterocycles. The van der Waals surface area contributed by atoms with E-state index in [1.54, 1.807) is 25.3 Å². The lowest BCUT2D eigenvalue weighted by Gasteiger charge is -2.26. The van der Waals surface area contributed by atoms with Gasteiger partial charge in [-0.25, -0.2) is 14.1 Å². The number of likely N-dealkylation sites (tertiary alicyclic amines) is 1. The fourth-order valence-electron chi connectivity index (χ4n) is 3.99. The standard InChI is InChI=1S/C23H26FN3O4/c1-30-20-9-8-18(15-21(20)31-13-12-25-10-3-2-4-11-25)26-16-22(28)27(23(26)29)19-7-5-6-17(24)14-19/h5-9,14-15H,2-4,10-13,16H2,1H3. The Bertz CT molecular complexity index is 962. The molecule has 7 nitrogen and oxygen atoms in total. The van der Waals surface area contributed by atoms with Crippen LogP contribution in [-0.2, 0) is 4.79 Å². The van der Waals surface area contributed by atoms with E-state index in [4.69, 9.17) is 9.47 Å². The van der Waals surface area contributed by atoms with Gasteiger partial charge in [0.1, 0.15) is 19.0 Å². The van der Waals surface area contributed by atoms with E-state index in [2.05, 4.69) is 4.90 Å². The molecule has 2 aliphatic rings. The molecule has 0 radical (unpaired) electrons. The molecule has 31 heavy (non-hydrogen) atoms. The Labute approximate surface area is 180 Å². The molecule has 164 valence electrons. The highest BCUT2D eigenvalue weighted by Gasteiger charge is 2.38. The van der Waals surface area contributed by atoms with E-state index in [9.17, 15) is 14.0 Å². The van der Waals surface area contributed by atoms with Gasteiger partial charge in [-0.05, 0) is 56.3 Å². The van der Waals surface area contributed by atoms with E-state index in [0.717, 1.165) is 24.5 Å². The molecule has 0 bridgehead atoms. The maximum atomic E-state index is 13.6. The Hall–Kier alpha value is -3.13. The van der Waals surface area contributed by atoms with Gasteiger partial charge in [0.2, 0.25) is 0 Å². The summed E-state index contributed by atoms with van der Waals surface area (Å²) in [6.45, 7) is 3.36. The highest BCUT2D eigenvalue weighted by molar-refractivity contribution is 6.26. The van der Waals surface area contributed by atoms with Crippen molar-refractivity contribution >= 4 is 23.3 Å². The van der Waals surface area contributed by atoms with Crippen LogP contribution in [0.2, 0.25) is 0 Å². The minimum Gasteiger partial charge on any atom is -0.493 e. The number of rotatable bonds is 7. The zero-order chi connectivity index (χ0) is 21.8. The number of carbonyl (C=O) groups is 2. The van der Waals surface area contributed by atoms with Gasteiger partial charge in [-0.1, -0.05) is 12.5 Å². The van der Waals surface area contributed by atoms with Crippen LogP contribution in [0.4, 0.5) is 20.6 Å². The molecular formula is C23H26FN3O4. The first-order valence-electron chi connectivity index (χ1n) is 10.5. The molecule has 8 heteroatoms. The summed E-state index contributed by atoms with van der Waals surface area (Å²) in [6.07, 6.45) is 3.71. The molecule has 0 atom stereocenters. The van der Waals surface area contributed by atoms with Crippen LogP contribution in [0.5, 0.6) is 11.5 Å². The van der Waals surface area contributed by atoms with Gasteiger partial charge in [0.05, 0.1) is 12.8 Å². The normalized spacial score (nSPS) is 17.4. The van der Waals surface area contributed by atoms with Crippen LogP contribution in [0.1, 0.15) is 19.3 Å². The molecule has 4 rings (SSSR count). The Kier molecular flexibility index (Phi) is 6.36. The van der Waals surface area contributed by atoms with Gasteiger partial charge in [0, 0.05) is 18.3 Å². The monoisotopic (exact) mass is 427 g/mol.